The summed E-state index contributed by atoms with van der Waals surface area (Å²) in [5, 5.41) is 3.35. The number of carbonyl (C=O) groups is 2. The Bertz CT molecular complexity index is 787. The maximum Gasteiger partial charge on any atom is 0.245 e. The van der Waals surface area contributed by atoms with Gasteiger partial charge in [-0.05, 0) is 5.56 Å². The number of rotatable bonds is 6. The van der Waals surface area contributed by atoms with E-state index in [0.29, 0.717) is 0 Å². The van der Waals surface area contributed by atoms with Crippen molar-refractivity contribution in [2.24, 2.45) is 0 Å². The van der Waals surface area contributed by atoms with E-state index in [2.05, 4.69) is 4.74 Å². The normalized spacial score (nSPS) is 23.0. The van der Waals surface area contributed by atoms with Crippen LogP contribution in [0.2, 0.25) is 0 Å². The van der Waals surface area contributed by atoms with Crippen molar-refractivity contribution in [1.29, 1.82) is 0 Å². The lowest BCUT2D eigenvalue weighted by Gasteiger charge is -2.16. The molecule has 1 rings (SSSR count). The minimum absolute atomic E-state index is 0.773. The Kier molecular flexibility index (Phi) is 2.23. The van der Waals surface area contributed by atoms with Crippen molar-refractivity contribution in [3.8, 4) is 0 Å². The molecule has 0 radical (unpaired) electrons. The van der Waals surface area contributed by atoms with Crippen molar-refractivity contribution in [3.05, 3.63) is 35.8 Å². The summed E-state index contributed by atoms with van der Waals surface area (Å²) in [6.45, 7) is -5.32. The highest BCUT2D eigenvalue weighted by Crippen LogP contribution is 1.97. The van der Waals surface area contributed by atoms with Gasteiger partial charge in [-0.3, -0.25) is 9.59 Å². The van der Waals surface area contributed by atoms with Gasteiger partial charge in [-0.15, -0.1) is 0 Å². The monoisotopic (exact) mass is 260 g/mol. The van der Waals surface area contributed by atoms with Crippen LogP contribution in [0.5, 0.6) is 0 Å². The Labute approximate surface area is 121 Å². The van der Waals surface area contributed by atoms with E-state index < -0.39 is 66.7 Å². The van der Waals surface area contributed by atoms with Crippen LogP contribution in [0.15, 0.2) is 30.2 Å². The molecule has 0 spiro atoms. The molecule has 1 atom stereocenters. The van der Waals surface area contributed by atoms with Crippen LogP contribution in [0.4, 0.5) is 0 Å². The Morgan fingerprint density at radius 3 is 2.72 bits per heavy atom. The third-order valence-electron chi connectivity index (χ3n) is 1.53. The number of benzene rings is 1. The van der Waals surface area contributed by atoms with E-state index in [4.69, 9.17) is 13.7 Å². The quantitative estimate of drug-likeness (QED) is 0.780. The molecule has 5 nitrogen and oxygen atoms in total. The zero-order valence-corrected chi connectivity index (χ0v) is 9.72. The molecular formula is C13H18N2O3. The van der Waals surface area contributed by atoms with Crippen molar-refractivity contribution in [1.82, 2.24) is 10.6 Å². The molecule has 98 valence electrons. The molecule has 0 aliphatic rings. The molecular weight excluding hydrogens is 232 g/mol. The number of hydrogen-bond acceptors (Lipinski definition) is 3. The van der Waals surface area contributed by atoms with Crippen LogP contribution in [-0.2, 0) is 20.8 Å². The summed E-state index contributed by atoms with van der Waals surface area (Å²) in [4.78, 5) is 23.9. The van der Waals surface area contributed by atoms with Crippen LogP contribution in [0.1, 0.15) is 26.2 Å². The molecule has 18 heavy (non-hydrogen) atoms. The van der Waals surface area contributed by atoms with E-state index in [1.807, 2.05) is 0 Å². The zero-order chi connectivity index (χ0) is 22.2. The Morgan fingerprint density at radius 2 is 2.17 bits per heavy atom. The highest BCUT2D eigenvalue weighted by atomic mass is 16.5. The van der Waals surface area contributed by atoms with Gasteiger partial charge in [0.25, 0.3) is 0 Å². The fraction of sp³-hybridized carbons (Fsp3) is 0.385. The Hall–Kier alpha value is -1.88. The SMILES string of the molecule is [2H]c1c([2H])c([2H])c(C([2H])([2H])NC(=O)C([2H])(NC(C)=O)C([2H])([2H])OC)c([2H])c1[2H]. The number of ether oxygens (including phenoxy) is 1. The Morgan fingerprint density at radius 1 is 1.50 bits per heavy atom. The molecule has 5 heteroatoms. The van der Waals surface area contributed by atoms with Crippen LogP contribution < -0.4 is 10.6 Å². The van der Waals surface area contributed by atoms with E-state index in [1.54, 1.807) is 10.6 Å². The molecule has 0 aliphatic heterocycles. The lowest BCUT2D eigenvalue weighted by atomic mass is 10.2. The third-order valence-corrected chi connectivity index (χ3v) is 1.53. The second-order valence-corrected chi connectivity index (χ2v) is 2.94. The van der Waals surface area contributed by atoms with Gasteiger partial charge >= 0.3 is 0 Å². The van der Waals surface area contributed by atoms with Crippen LogP contribution in [0.3, 0.4) is 0 Å². The first-order valence-corrected chi connectivity index (χ1v) is 4.77. The molecule has 0 fully saturated rings. The molecule has 0 aromatic heterocycles. The third kappa shape index (κ3) is 4.97. The zero-order valence-electron chi connectivity index (χ0n) is 19.7. The first kappa shape index (κ1) is 5.40. The van der Waals surface area contributed by atoms with E-state index >= 15 is 0 Å². The van der Waals surface area contributed by atoms with Gasteiger partial charge in [0.15, 0.2) is 0 Å². The predicted molar refractivity (Wildman–Crippen MR) is 67.8 cm³/mol. The lowest BCUT2D eigenvalue weighted by Crippen LogP contribution is -2.48. The fourth-order valence-electron chi connectivity index (χ4n) is 0.901. The maximum absolute atomic E-state index is 12.5. The highest BCUT2D eigenvalue weighted by Gasteiger charge is 2.18. The first-order chi connectivity index (χ1) is 12.5. The number of amides is 2. The Balaban J connectivity index is 3.50. The largest absolute Gasteiger partial charge is 0.382 e. The van der Waals surface area contributed by atoms with E-state index in [9.17, 15) is 9.59 Å². The summed E-state index contributed by atoms with van der Waals surface area (Å²) in [5.41, 5.74) is -0.921. The van der Waals surface area contributed by atoms with Crippen molar-refractivity contribution in [2.75, 3.05) is 13.7 Å². The van der Waals surface area contributed by atoms with Gasteiger partial charge in [0.05, 0.1) is 20.3 Å². The molecule has 0 heterocycles. The van der Waals surface area contributed by atoms with Crippen molar-refractivity contribution < 1.29 is 28.0 Å². The average Bonchev–Trinajstić information content (AvgIpc) is 2.56. The molecule has 0 saturated heterocycles. The van der Waals surface area contributed by atoms with Gasteiger partial charge in [-0.2, -0.15) is 0 Å². The number of hydrogen-bond donors (Lipinski definition) is 2. The molecule has 2 N–H and O–H groups in total. The van der Waals surface area contributed by atoms with Gasteiger partial charge in [0.1, 0.15) is 6.02 Å². The highest BCUT2D eigenvalue weighted by molar-refractivity contribution is 5.86. The molecule has 0 aliphatic carbocycles. The fourth-order valence-corrected chi connectivity index (χ4v) is 0.901. The second kappa shape index (κ2) is 7.45. The summed E-state index contributed by atoms with van der Waals surface area (Å²) < 4.78 is 81.9. The van der Waals surface area contributed by atoms with E-state index in [-0.39, 0.29) is 0 Å². The standard InChI is InChI=1S/C13H18N2O3/c1-10(16)15-12(9-18-2)13(17)14-8-11-6-4-3-5-7-11/h3-7,12H,8-9H2,1-2H3,(H,14,17)(H,15,16)/i3D,4D,5D,6D,7D,8D2,9D2,12D. The smallest absolute Gasteiger partial charge is 0.245 e. The van der Waals surface area contributed by atoms with Crippen LogP contribution in [0, 0.1) is 0 Å². The molecule has 0 bridgehead atoms. The number of nitrogens with one attached hydrogen (secondary N) is 2. The van der Waals surface area contributed by atoms with Gasteiger partial charge in [-0.1, -0.05) is 30.2 Å². The van der Waals surface area contributed by atoms with Crippen LogP contribution >= 0.6 is 0 Å². The summed E-state index contributed by atoms with van der Waals surface area (Å²) in [6, 6.07) is -7.47. The molecule has 1 aromatic rings. The van der Waals surface area contributed by atoms with Crippen molar-refractivity contribution >= 4 is 11.8 Å². The van der Waals surface area contributed by atoms with Crippen LogP contribution in [-0.4, -0.2) is 31.5 Å². The summed E-state index contributed by atoms with van der Waals surface area (Å²) in [5.74, 6) is -2.69. The van der Waals surface area contributed by atoms with Gasteiger partial charge in [0.2, 0.25) is 11.8 Å². The van der Waals surface area contributed by atoms with Crippen LogP contribution in [0.25, 0.3) is 0 Å². The molecule has 0 saturated carbocycles. The second-order valence-electron chi connectivity index (χ2n) is 2.94. The van der Waals surface area contributed by atoms with Crippen molar-refractivity contribution in [3.63, 3.8) is 0 Å². The number of methoxy groups -OCH3 is 1. The minimum atomic E-state index is -3.14. The minimum Gasteiger partial charge on any atom is -0.382 e. The van der Waals surface area contributed by atoms with Crippen molar-refractivity contribution in [2.45, 2.75) is 19.4 Å². The van der Waals surface area contributed by atoms with E-state index in [1.165, 1.54) is 0 Å². The first-order valence-electron chi connectivity index (χ1n) is 9.77. The topological polar surface area (TPSA) is 67.4 Å². The average molecular weight is 260 g/mol. The summed E-state index contributed by atoms with van der Waals surface area (Å²) in [7, 11) is 0.822. The van der Waals surface area contributed by atoms with Gasteiger partial charge < -0.3 is 15.4 Å². The number of carbonyl (C=O) groups excluding carboxylic acids is 2. The summed E-state index contributed by atoms with van der Waals surface area (Å²) >= 11 is 0. The van der Waals surface area contributed by atoms with E-state index in [0.717, 1.165) is 14.0 Å². The lowest BCUT2D eigenvalue weighted by molar-refractivity contribution is -0.129. The maximum atomic E-state index is 12.5. The van der Waals surface area contributed by atoms with Gasteiger partial charge in [-0.25, -0.2) is 0 Å². The molecule has 1 aromatic carbocycles. The predicted octanol–water partition coefficient (Wildman–Crippen LogP) is 0.454. The summed E-state index contributed by atoms with van der Waals surface area (Å²) in [6.07, 6.45) is 0. The molecule has 1 unspecified atom stereocenters. The molecule has 2 amide bonds. The van der Waals surface area contributed by atoms with Gasteiger partial charge in [0, 0.05) is 20.5 Å².